The number of amides is 1. The van der Waals surface area contributed by atoms with Crippen LogP contribution >= 0.6 is 11.3 Å². The van der Waals surface area contributed by atoms with Crippen molar-refractivity contribution in [3.63, 3.8) is 0 Å². The highest BCUT2D eigenvalue weighted by Gasteiger charge is 2.19. The average Bonchev–Trinajstić information content (AvgIpc) is 2.87. The maximum atomic E-state index is 11.6. The molecule has 16 heavy (non-hydrogen) atoms. The molecule has 3 nitrogen and oxygen atoms in total. The Hall–Kier alpha value is -0.870. The van der Waals surface area contributed by atoms with Crippen molar-refractivity contribution in [2.24, 2.45) is 5.92 Å². The maximum absolute atomic E-state index is 11.6. The minimum atomic E-state index is 0.150. The van der Waals surface area contributed by atoms with Crippen LogP contribution in [0.5, 0.6) is 0 Å². The first-order chi connectivity index (χ1) is 7.74. The Kier molecular flexibility index (Phi) is 3.96. The van der Waals surface area contributed by atoms with E-state index in [1.807, 2.05) is 17.5 Å². The third kappa shape index (κ3) is 3.32. The van der Waals surface area contributed by atoms with Crippen molar-refractivity contribution in [2.45, 2.75) is 12.8 Å². The van der Waals surface area contributed by atoms with Gasteiger partial charge in [0.2, 0.25) is 5.91 Å². The predicted octanol–water partition coefficient (Wildman–Crippen LogP) is 1.36. The Bertz CT molecular complexity index is 337. The molecule has 0 saturated carbocycles. The minimum absolute atomic E-state index is 0.150. The van der Waals surface area contributed by atoms with E-state index in [1.54, 1.807) is 11.3 Å². The number of nitrogens with one attached hydrogen (secondary N) is 1. The van der Waals surface area contributed by atoms with Crippen LogP contribution < -0.4 is 5.32 Å². The molecule has 1 saturated heterocycles. The lowest BCUT2D eigenvalue weighted by molar-refractivity contribution is -0.120. The van der Waals surface area contributed by atoms with Gasteiger partial charge in [-0.1, -0.05) is 6.07 Å². The highest BCUT2D eigenvalue weighted by Crippen LogP contribution is 2.13. The number of carbonyl (C=O) groups excluding carboxylic acids is 1. The number of likely N-dealkylation sites (tertiary alicyclic amines) is 1. The van der Waals surface area contributed by atoms with Crippen LogP contribution in [0.25, 0.3) is 0 Å². The first-order valence-corrected chi connectivity index (χ1v) is 6.59. The second kappa shape index (κ2) is 5.46. The number of nitrogens with zero attached hydrogens (tertiary/aromatic N) is 1. The fraction of sp³-hybridized carbons (Fsp3) is 0.583. The summed E-state index contributed by atoms with van der Waals surface area (Å²) in [5, 5.41) is 5.03. The summed E-state index contributed by atoms with van der Waals surface area (Å²) >= 11 is 1.64. The Morgan fingerprint density at radius 3 is 3.19 bits per heavy atom. The van der Waals surface area contributed by atoms with Gasteiger partial charge >= 0.3 is 0 Å². The van der Waals surface area contributed by atoms with Crippen molar-refractivity contribution in [3.8, 4) is 0 Å². The van der Waals surface area contributed by atoms with E-state index in [-0.39, 0.29) is 5.91 Å². The van der Waals surface area contributed by atoms with Crippen molar-refractivity contribution in [2.75, 3.05) is 26.7 Å². The SMILES string of the molecule is CN1CCC(CNC(=O)Cc2cccs2)C1. The maximum Gasteiger partial charge on any atom is 0.225 e. The molecule has 2 heterocycles. The molecule has 4 heteroatoms. The van der Waals surface area contributed by atoms with Crippen LogP contribution in [-0.4, -0.2) is 37.5 Å². The van der Waals surface area contributed by atoms with Crippen molar-refractivity contribution >= 4 is 17.2 Å². The third-order valence-electron chi connectivity index (χ3n) is 2.99. The zero-order valence-corrected chi connectivity index (χ0v) is 10.4. The topological polar surface area (TPSA) is 32.3 Å². The number of thiophene rings is 1. The molecule has 1 amide bonds. The third-order valence-corrected chi connectivity index (χ3v) is 3.87. The van der Waals surface area contributed by atoms with Crippen LogP contribution in [0.3, 0.4) is 0 Å². The minimum Gasteiger partial charge on any atom is -0.355 e. The quantitative estimate of drug-likeness (QED) is 0.859. The number of hydrogen-bond donors (Lipinski definition) is 1. The van der Waals surface area contributed by atoms with E-state index in [2.05, 4.69) is 17.3 Å². The Labute approximate surface area is 100 Å². The summed E-state index contributed by atoms with van der Waals surface area (Å²) in [6.07, 6.45) is 1.73. The lowest BCUT2D eigenvalue weighted by atomic mass is 10.1. The van der Waals surface area contributed by atoms with Gasteiger partial charge in [0.05, 0.1) is 6.42 Å². The van der Waals surface area contributed by atoms with E-state index in [0.29, 0.717) is 12.3 Å². The summed E-state index contributed by atoms with van der Waals surface area (Å²) in [6, 6.07) is 3.99. The molecule has 1 aromatic heterocycles. The van der Waals surface area contributed by atoms with Gasteiger partial charge < -0.3 is 10.2 Å². The van der Waals surface area contributed by atoms with Crippen LogP contribution in [0.4, 0.5) is 0 Å². The molecule has 0 spiro atoms. The van der Waals surface area contributed by atoms with Crippen LogP contribution in [-0.2, 0) is 11.2 Å². The molecule has 0 aliphatic carbocycles. The Morgan fingerprint density at radius 2 is 2.56 bits per heavy atom. The zero-order valence-electron chi connectivity index (χ0n) is 9.61. The highest BCUT2D eigenvalue weighted by molar-refractivity contribution is 7.10. The molecule has 1 aliphatic rings. The second-order valence-corrected chi connectivity index (χ2v) is 5.51. The van der Waals surface area contributed by atoms with Gasteiger partial charge in [0, 0.05) is 18.0 Å². The van der Waals surface area contributed by atoms with E-state index in [9.17, 15) is 4.79 Å². The molecule has 1 atom stereocenters. The molecule has 88 valence electrons. The predicted molar refractivity (Wildman–Crippen MR) is 66.6 cm³/mol. The standard InChI is InChI=1S/C12H18N2OS/c1-14-5-4-10(9-14)8-13-12(15)7-11-3-2-6-16-11/h2-3,6,10H,4-5,7-9H2,1H3,(H,13,15). The number of rotatable bonds is 4. The molecule has 1 unspecified atom stereocenters. The van der Waals surface area contributed by atoms with E-state index < -0.39 is 0 Å². The largest absolute Gasteiger partial charge is 0.355 e. The van der Waals surface area contributed by atoms with Crippen LogP contribution in [0, 0.1) is 5.92 Å². The summed E-state index contributed by atoms with van der Waals surface area (Å²) in [7, 11) is 2.13. The summed E-state index contributed by atoms with van der Waals surface area (Å²) in [5.41, 5.74) is 0. The molecular formula is C12H18N2OS. The molecule has 1 fully saturated rings. The van der Waals surface area contributed by atoms with Gasteiger partial charge in [0.15, 0.2) is 0 Å². The fourth-order valence-electron chi connectivity index (χ4n) is 2.09. The number of hydrogen-bond acceptors (Lipinski definition) is 3. The van der Waals surface area contributed by atoms with Crippen molar-refractivity contribution in [1.82, 2.24) is 10.2 Å². The smallest absolute Gasteiger partial charge is 0.225 e. The van der Waals surface area contributed by atoms with Crippen LogP contribution in [0.1, 0.15) is 11.3 Å². The summed E-state index contributed by atoms with van der Waals surface area (Å²) in [4.78, 5) is 15.1. The van der Waals surface area contributed by atoms with Crippen LogP contribution in [0.15, 0.2) is 17.5 Å². The van der Waals surface area contributed by atoms with Crippen molar-refractivity contribution in [3.05, 3.63) is 22.4 Å². The fourth-order valence-corrected chi connectivity index (χ4v) is 2.79. The average molecular weight is 238 g/mol. The van der Waals surface area contributed by atoms with Crippen molar-refractivity contribution in [1.29, 1.82) is 0 Å². The first kappa shape index (κ1) is 11.6. The van der Waals surface area contributed by atoms with Gasteiger partial charge in [-0.2, -0.15) is 0 Å². The molecule has 0 radical (unpaired) electrons. The van der Waals surface area contributed by atoms with E-state index in [0.717, 1.165) is 24.5 Å². The molecule has 1 N–H and O–H groups in total. The van der Waals surface area contributed by atoms with E-state index in [4.69, 9.17) is 0 Å². The van der Waals surface area contributed by atoms with E-state index >= 15 is 0 Å². The zero-order chi connectivity index (χ0) is 11.4. The van der Waals surface area contributed by atoms with Gasteiger partial charge in [0.1, 0.15) is 0 Å². The summed E-state index contributed by atoms with van der Waals surface area (Å²) in [5.74, 6) is 0.786. The lowest BCUT2D eigenvalue weighted by Gasteiger charge is -2.11. The normalized spacial score (nSPS) is 21.2. The lowest BCUT2D eigenvalue weighted by Crippen LogP contribution is -2.31. The summed E-state index contributed by atoms with van der Waals surface area (Å²) < 4.78 is 0. The highest BCUT2D eigenvalue weighted by atomic mass is 32.1. The summed E-state index contributed by atoms with van der Waals surface area (Å²) in [6.45, 7) is 3.10. The first-order valence-electron chi connectivity index (χ1n) is 5.71. The molecule has 2 rings (SSSR count). The Morgan fingerprint density at radius 1 is 1.69 bits per heavy atom. The molecule has 0 aromatic carbocycles. The van der Waals surface area contributed by atoms with Gasteiger partial charge in [-0.3, -0.25) is 4.79 Å². The van der Waals surface area contributed by atoms with Gasteiger partial charge in [-0.05, 0) is 37.4 Å². The van der Waals surface area contributed by atoms with Gasteiger partial charge in [-0.15, -0.1) is 11.3 Å². The second-order valence-electron chi connectivity index (χ2n) is 4.48. The Balaban J connectivity index is 1.68. The van der Waals surface area contributed by atoms with E-state index in [1.165, 1.54) is 6.42 Å². The molecule has 0 bridgehead atoms. The molecule has 1 aromatic rings. The van der Waals surface area contributed by atoms with Gasteiger partial charge in [0.25, 0.3) is 0 Å². The molecule has 1 aliphatic heterocycles. The number of carbonyl (C=O) groups is 1. The van der Waals surface area contributed by atoms with Crippen molar-refractivity contribution < 1.29 is 4.79 Å². The monoisotopic (exact) mass is 238 g/mol. The van der Waals surface area contributed by atoms with Crippen LogP contribution in [0.2, 0.25) is 0 Å². The van der Waals surface area contributed by atoms with Gasteiger partial charge in [-0.25, -0.2) is 0 Å². The molecular weight excluding hydrogens is 220 g/mol.